The van der Waals surface area contributed by atoms with Gasteiger partial charge in [-0.1, -0.05) is 15.9 Å². The van der Waals surface area contributed by atoms with E-state index in [1.165, 1.54) is 5.56 Å². The van der Waals surface area contributed by atoms with Crippen molar-refractivity contribution in [1.82, 2.24) is 0 Å². The Labute approximate surface area is 118 Å². The van der Waals surface area contributed by atoms with Gasteiger partial charge in [0.05, 0.1) is 0 Å². The van der Waals surface area contributed by atoms with Crippen LogP contribution in [0.3, 0.4) is 0 Å². The van der Waals surface area contributed by atoms with Crippen molar-refractivity contribution in [3.63, 3.8) is 0 Å². The smallest absolute Gasteiger partial charge is 0.159 e. The number of anilines is 1. The molecular weight excluding hydrogens is 294 g/mol. The number of ether oxygens (including phenoxy) is 2. The molecule has 0 bridgehead atoms. The molecule has 0 aliphatic carbocycles. The van der Waals surface area contributed by atoms with Crippen LogP contribution >= 0.6 is 15.9 Å². The Morgan fingerprint density at radius 3 is 2.44 bits per heavy atom. The minimum atomic E-state index is -0.107. The third-order valence-electron chi connectivity index (χ3n) is 2.57. The van der Waals surface area contributed by atoms with Crippen molar-refractivity contribution in [2.75, 3.05) is 25.1 Å². The molecule has 0 saturated carbocycles. The Balaban J connectivity index is 2.37. The molecule has 1 aromatic rings. The topological polar surface area (TPSA) is 30.5 Å². The van der Waals surface area contributed by atoms with Crippen molar-refractivity contribution in [2.24, 2.45) is 0 Å². The van der Waals surface area contributed by atoms with Crippen molar-refractivity contribution < 1.29 is 9.47 Å². The first kappa shape index (κ1) is 15.5. The molecule has 1 N–H and O–H groups in total. The average Bonchev–Trinajstić information content (AvgIpc) is 2.34. The van der Waals surface area contributed by atoms with Crippen LogP contribution < -0.4 is 5.32 Å². The normalized spacial score (nSPS) is 10.9. The molecule has 0 amide bonds. The van der Waals surface area contributed by atoms with Gasteiger partial charge in [0.1, 0.15) is 0 Å². The summed E-state index contributed by atoms with van der Waals surface area (Å²) >= 11 is 3.49. The van der Waals surface area contributed by atoms with Crippen molar-refractivity contribution in [3.05, 3.63) is 28.2 Å². The highest BCUT2D eigenvalue weighted by Gasteiger charge is 2.07. The van der Waals surface area contributed by atoms with Gasteiger partial charge in [0.25, 0.3) is 0 Å². The minimum Gasteiger partial charge on any atom is -0.385 e. The second kappa shape index (κ2) is 8.51. The predicted molar refractivity (Wildman–Crippen MR) is 79.0 cm³/mol. The maximum absolute atomic E-state index is 5.49. The molecule has 1 aromatic carbocycles. The summed E-state index contributed by atoms with van der Waals surface area (Å²) in [4.78, 5) is 0. The Hall–Kier alpha value is -0.580. The maximum Gasteiger partial charge on any atom is 0.159 e. The minimum absolute atomic E-state index is 0.107. The molecular formula is C14H22BrNO2. The van der Waals surface area contributed by atoms with Crippen LogP contribution in [0.4, 0.5) is 5.69 Å². The summed E-state index contributed by atoms with van der Waals surface area (Å²) in [6, 6.07) is 6.24. The summed E-state index contributed by atoms with van der Waals surface area (Å²) in [5, 5.41) is 3.38. The Bertz CT molecular complexity index is 352. The third kappa shape index (κ3) is 5.38. The first-order valence-corrected chi connectivity index (χ1v) is 7.19. The molecule has 102 valence electrons. The standard InChI is InChI=1S/C14H22BrNO2/c1-4-17-14(18-5-2)8-9-16-12-6-7-13(15)11(3)10-12/h6-7,10,14,16H,4-5,8-9H2,1-3H3. The largest absolute Gasteiger partial charge is 0.385 e. The predicted octanol–water partition coefficient (Wildman–Crippen LogP) is 3.96. The summed E-state index contributed by atoms with van der Waals surface area (Å²) in [5.41, 5.74) is 2.36. The lowest BCUT2D eigenvalue weighted by Gasteiger charge is -2.17. The van der Waals surface area contributed by atoms with Gasteiger partial charge in [-0.05, 0) is 44.5 Å². The van der Waals surface area contributed by atoms with Gasteiger partial charge in [-0.3, -0.25) is 0 Å². The van der Waals surface area contributed by atoms with Crippen LogP contribution in [0, 0.1) is 6.92 Å². The lowest BCUT2D eigenvalue weighted by atomic mass is 10.2. The quantitative estimate of drug-likeness (QED) is 0.737. The highest BCUT2D eigenvalue weighted by Crippen LogP contribution is 2.20. The molecule has 4 heteroatoms. The lowest BCUT2D eigenvalue weighted by Crippen LogP contribution is -2.21. The van der Waals surface area contributed by atoms with Crippen molar-refractivity contribution in [1.29, 1.82) is 0 Å². The zero-order chi connectivity index (χ0) is 13.4. The van der Waals surface area contributed by atoms with E-state index in [9.17, 15) is 0 Å². The van der Waals surface area contributed by atoms with Crippen molar-refractivity contribution in [2.45, 2.75) is 33.5 Å². The zero-order valence-electron chi connectivity index (χ0n) is 11.3. The van der Waals surface area contributed by atoms with Crippen LogP contribution in [0.25, 0.3) is 0 Å². The molecule has 1 rings (SSSR count). The van der Waals surface area contributed by atoms with Crippen LogP contribution in [-0.4, -0.2) is 26.0 Å². The zero-order valence-corrected chi connectivity index (χ0v) is 12.9. The van der Waals surface area contributed by atoms with E-state index in [-0.39, 0.29) is 6.29 Å². The summed E-state index contributed by atoms with van der Waals surface area (Å²) in [6.45, 7) is 8.25. The first-order chi connectivity index (χ1) is 8.67. The first-order valence-electron chi connectivity index (χ1n) is 6.40. The van der Waals surface area contributed by atoms with E-state index < -0.39 is 0 Å². The van der Waals surface area contributed by atoms with Crippen molar-refractivity contribution in [3.8, 4) is 0 Å². The third-order valence-corrected chi connectivity index (χ3v) is 3.46. The fourth-order valence-electron chi connectivity index (χ4n) is 1.68. The summed E-state index contributed by atoms with van der Waals surface area (Å²) in [7, 11) is 0. The monoisotopic (exact) mass is 315 g/mol. The van der Waals surface area contributed by atoms with Crippen LogP contribution in [0.2, 0.25) is 0 Å². The lowest BCUT2D eigenvalue weighted by molar-refractivity contribution is -0.137. The summed E-state index contributed by atoms with van der Waals surface area (Å²) in [5.74, 6) is 0. The Morgan fingerprint density at radius 2 is 1.89 bits per heavy atom. The van der Waals surface area contributed by atoms with Crippen LogP contribution in [-0.2, 0) is 9.47 Å². The van der Waals surface area contributed by atoms with E-state index in [2.05, 4.69) is 46.4 Å². The number of halogens is 1. The molecule has 0 aliphatic heterocycles. The van der Waals surface area contributed by atoms with E-state index in [4.69, 9.17) is 9.47 Å². The van der Waals surface area contributed by atoms with Crippen LogP contribution in [0.1, 0.15) is 25.8 Å². The SMILES string of the molecule is CCOC(CCNc1ccc(Br)c(C)c1)OCC. The number of benzene rings is 1. The van der Waals surface area contributed by atoms with Crippen molar-refractivity contribution >= 4 is 21.6 Å². The van der Waals surface area contributed by atoms with Gasteiger partial charge in [0.15, 0.2) is 6.29 Å². The molecule has 0 unspecified atom stereocenters. The molecule has 0 radical (unpaired) electrons. The summed E-state index contributed by atoms with van der Waals surface area (Å²) in [6.07, 6.45) is 0.737. The van der Waals surface area contributed by atoms with Gasteiger partial charge < -0.3 is 14.8 Å². The highest BCUT2D eigenvalue weighted by molar-refractivity contribution is 9.10. The van der Waals surface area contributed by atoms with Gasteiger partial charge in [-0.2, -0.15) is 0 Å². The molecule has 0 heterocycles. The van der Waals surface area contributed by atoms with E-state index in [0.717, 1.165) is 23.1 Å². The highest BCUT2D eigenvalue weighted by atomic mass is 79.9. The second-order valence-corrected chi connectivity index (χ2v) is 4.87. The van der Waals surface area contributed by atoms with E-state index in [0.29, 0.717) is 13.2 Å². The molecule has 0 fully saturated rings. The number of nitrogens with one attached hydrogen (secondary N) is 1. The van der Waals surface area contributed by atoms with Gasteiger partial charge in [-0.15, -0.1) is 0 Å². The van der Waals surface area contributed by atoms with Gasteiger partial charge in [0, 0.05) is 36.3 Å². The molecule has 3 nitrogen and oxygen atoms in total. The fraction of sp³-hybridized carbons (Fsp3) is 0.571. The van der Waals surface area contributed by atoms with E-state index in [1.807, 2.05) is 13.8 Å². The number of hydrogen-bond donors (Lipinski definition) is 1. The average molecular weight is 316 g/mol. The second-order valence-electron chi connectivity index (χ2n) is 4.02. The fourth-order valence-corrected chi connectivity index (χ4v) is 1.92. The molecule has 0 saturated heterocycles. The van der Waals surface area contributed by atoms with Gasteiger partial charge in [-0.25, -0.2) is 0 Å². The number of hydrogen-bond acceptors (Lipinski definition) is 3. The van der Waals surface area contributed by atoms with Gasteiger partial charge in [0.2, 0.25) is 0 Å². The molecule has 0 spiro atoms. The van der Waals surface area contributed by atoms with Crippen LogP contribution in [0.15, 0.2) is 22.7 Å². The number of aryl methyl sites for hydroxylation is 1. The molecule has 0 aliphatic rings. The van der Waals surface area contributed by atoms with Gasteiger partial charge >= 0.3 is 0 Å². The Kier molecular flexibility index (Phi) is 7.32. The molecule has 18 heavy (non-hydrogen) atoms. The molecule has 0 aromatic heterocycles. The Morgan fingerprint density at radius 1 is 1.22 bits per heavy atom. The van der Waals surface area contributed by atoms with E-state index in [1.54, 1.807) is 0 Å². The summed E-state index contributed by atoms with van der Waals surface area (Å²) < 4.78 is 12.1. The van der Waals surface area contributed by atoms with E-state index >= 15 is 0 Å². The number of rotatable bonds is 8. The molecule has 0 atom stereocenters. The van der Waals surface area contributed by atoms with Crippen LogP contribution in [0.5, 0.6) is 0 Å². The maximum atomic E-state index is 5.49.